The summed E-state index contributed by atoms with van der Waals surface area (Å²) in [6.45, 7) is 2.67. The minimum absolute atomic E-state index is 0.0502. The molecule has 2 aromatic rings. The van der Waals surface area contributed by atoms with E-state index in [9.17, 15) is 9.18 Å². The van der Waals surface area contributed by atoms with Gasteiger partial charge in [0.2, 0.25) is 0 Å². The Balaban J connectivity index is 1.75. The van der Waals surface area contributed by atoms with Gasteiger partial charge in [0.25, 0.3) is 5.91 Å². The maximum absolute atomic E-state index is 13.8. The average molecular weight is 347 g/mol. The van der Waals surface area contributed by atoms with E-state index in [-0.39, 0.29) is 23.8 Å². The second kappa shape index (κ2) is 7.40. The van der Waals surface area contributed by atoms with Crippen LogP contribution in [0.4, 0.5) is 4.39 Å². The van der Waals surface area contributed by atoms with Crippen molar-refractivity contribution in [1.29, 1.82) is 0 Å². The smallest absolute Gasteiger partial charge is 0.273 e. The molecule has 1 fully saturated rings. The van der Waals surface area contributed by atoms with Crippen molar-refractivity contribution in [3.05, 3.63) is 51.7 Å². The Bertz CT molecular complexity index is 716. The van der Waals surface area contributed by atoms with Gasteiger partial charge in [0, 0.05) is 30.4 Å². The highest BCUT2D eigenvalue weighted by molar-refractivity contribution is 7.09. The molecule has 1 saturated heterocycles. The van der Waals surface area contributed by atoms with E-state index in [1.165, 1.54) is 17.4 Å². The molecule has 6 heteroatoms. The number of halogens is 1. The molecular formula is C18H22FN3OS. The van der Waals surface area contributed by atoms with Gasteiger partial charge in [-0.2, -0.15) is 0 Å². The number of benzene rings is 1. The summed E-state index contributed by atoms with van der Waals surface area (Å²) in [5.74, 6) is -0.304. The van der Waals surface area contributed by atoms with Crippen molar-refractivity contribution >= 4 is 17.2 Å². The molecule has 128 valence electrons. The molecule has 0 saturated carbocycles. The van der Waals surface area contributed by atoms with Crippen molar-refractivity contribution in [2.75, 3.05) is 6.54 Å². The van der Waals surface area contributed by atoms with Gasteiger partial charge in [-0.3, -0.25) is 4.79 Å². The van der Waals surface area contributed by atoms with Gasteiger partial charge < -0.3 is 10.6 Å². The van der Waals surface area contributed by atoms with E-state index in [0.29, 0.717) is 17.7 Å². The maximum atomic E-state index is 13.8. The Hall–Kier alpha value is -1.79. The molecule has 4 nitrogen and oxygen atoms in total. The Morgan fingerprint density at radius 1 is 1.46 bits per heavy atom. The lowest BCUT2D eigenvalue weighted by Crippen LogP contribution is -2.51. The minimum atomic E-state index is -0.242. The summed E-state index contributed by atoms with van der Waals surface area (Å²) in [4.78, 5) is 19.1. The number of hydrogen-bond donors (Lipinski definition) is 1. The number of nitrogens with zero attached hydrogens (tertiary/aromatic N) is 2. The van der Waals surface area contributed by atoms with Crippen LogP contribution >= 0.6 is 11.3 Å². The molecule has 2 unspecified atom stereocenters. The summed E-state index contributed by atoms with van der Waals surface area (Å²) in [6.07, 6.45) is 3.45. The zero-order chi connectivity index (χ0) is 17.1. The van der Waals surface area contributed by atoms with Gasteiger partial charge >= 0.3 is 0 Å². The fourth-order valence-electron chi connectivity index (χ4n) is 3.20. The highest BCUT2D eigenvalue weighted by Crippen LogP contribution is 2.23. The van der Waals surface area contributed by atoms with E-state index in [0.717, 1.165) is 30.8 Å². The fourth-order valence-corrected chi connectivity index (χ4v) is 3.99. The third-order valence-electron chi connectivity index (χ3n) is 4.49. The first-order valence-electron chi connectivity index (χ1n) is 8.30. The topological polar surface area (TPSA) is 59.2 Å². The molecule has 0 radical (unpaired) electrons. The van der Waals surface area contributed by atoms with E-state index in [1.54, 1.807) is 23.6 Å². The van der Waals surface area contributed by atoms with E-state index < -0.39 is 0 Å². The number of rotatable bonds is 4. The van der Waals surface area contributed by atoms with Crippen molar-refractivity contribution in [2.45, 2.75) is 44.7 Å². The van der Waals surface area contributed by atoms with Crippen LogP contribution in [0.5, 0.6) is 0 Å². The number of amides is 1. The van der Waals surface area contributed by atoms with Crippen LogP contribution in [-0.2, 0) is 6.42 Å². The SMILES string of the molecule is CC(N)C1CCCCN1C(=O)c1csc(Cc2ccccc2F)n1. The van der Waals surface area contributed by atoms with Gasteiger partial charge in [0.15, 0.2) is 0 Å². The Morgan fingerprint density at radius 3 is 3.00 bits per heavy atom. The van der Waals surface area contributed by atoms with Crippen LogP contribution in [0.15, 0.2) is 29.6 Å². The lowest BCUT2D eigenvalue weighted by molar-refractivity contribution is 0.0578. The number of carbonyl (C=O) groups is 1. The number of nitrogens with two attached hydrogens (primary N) is 1. The molecule has 24 heavy (non-hydrogen) atoms. The van der Waals surface area contributed by atoms with E-state index in [4.69, 9.17) is 5.73 Å². The molecule has 1 aromatic heterocycles. The highest BCUT2D eigenvalue weighted by atomic mass is 32.1. The van der Waals surface area contributed by atoms with Gasteiger partial charge in [0.05, 0.1) is 5.01 Å². The van der Waals surface area contributed by atoms with Crippen LogP contribution in [-0.4, -0.2) is 34.4 Å². The number of likely N-dealkylation sites (tertiary alicyclic amines) is 1. The molecule has 0 bridgehead atoms. The number of hydrogen-bond acceptors (Lipinski definition) is 4. The zero-order valence-electron chi connectivity index (χ0n) is 13.7. The molecule has 2 atom stereocenters. The van der Waals surface area contributed by atoms with Crippen molar-refractivity contribution in [3.8, 4) is 0 Å². The Labute approximate surface area is 145 Å². The molecular weight excluding hydrogens is 325 g/mol. The van der Waals surface area contributed by atoms with E-state index >= 15 is 0 Å². The van der Waals surface area contributed by atoms with Crippen LogP contribution in [0.3, 0.4) is 0 Å². The van der Waals surface area contributed by atoms with Gasteiger partial charge in [-0.05, 0) is 37.8 Å². The molecule has 1 aliphatic heterocycles. The summed E-state index contributed by atoms with van der Waals surface area (Å²) in [7, 11) is 0. The second-order valence-corrected chi connectivity index (χ2v) is 7.26. The fraction of sp³-hybridized carbons (Fsp3) is 0.444. The molecule has 0 aliphatic carbocycles. The van der Waals surface area contributed by atoms with E-state index in [1.807, 2.05) is 11.8 Å². The maximum Gasteiger partial charge on any atom is 0.273 e. The van der Waals surface area contributed by atoms with Gasteiger partial charge in [0.1, 0.15) is 11.5 Å². The lowest BCUT2D eigenvalue weighted by Gasteiger charge is -2.37. The van der Waals surface area contributed by atoms with Crippen molar-refractivity contribution in [2.24, 2.45) is 5.73 Å². The standard InChI is InChI=1S/C18H22FN3OS/c1-12(20)16-8-4-5-9-22(16)18(23)15-11-24-17(21-15)10-13-6-2-3-7-14(13)19/h2-3,6-7,11-12,16H,4-5,8-10,20H2,1H3. The molecule has 1 aliphatic rings. The van der Waals surface area contributed by atoms with Crippen molar-refractivity contribution < 1.29 is 9.18 Å². The quantitative estimate of drug-likeness (QED) is 0.924. The first-order valence-corrected chi connectivity index (χ1v) is 9.18. The molecule has 1 aromatic carbocycles. The molecule has 1 amide bonds. The number of thiazole rings is 1. The predicted molar refractivity (Wildman–Crippen MR) is 93.6 cm³/mol. The van der Waals surface area contributed by atoms with Gasteiger partial charge in [-0.15, -0.1) is 11.3 Å². The molecule has 0 spiro atoms. The van der Waals surface area contributed by atoms with Gasteiger partial charge in [-0.1, -0.05) is 18.2 Å². The summed E-state index contributed by atoms with van der Waals surface area (Å²) in [6, 6.07) is 6.68. The third kappa shape index (κ3) is 3.65. The Kier molecular flexibility index (Phi) is 5.26. The third-order valence-corrected chi connectivity index (χ3v) is 5.34. The first kappa shape index (κ1) is 17.0. The van der Waals surface area contributed by atoms with Crippen LogP contribution in [0.1, 0.15) is 47.2 Å². The normalized spacial score (nSPS) is 19.3. The second-order valence-electron chi connectivity index (χ2n) is 6.32. The zero-order valence-corrected chi connectivity index (χ0v) is 14.6. The molecule has 3 rings (SSSR count). The number of carbonyl (C=O) groups excluding carboxylic acids is 1. The summed E-state index contributed by atoms with van der Waals surface area (Å²) in [5, 5.41) is 2.52. The minimum Gasteiger partial charge on any atom is -0.333 e. The van der Waals surface area contributed by atoms with Crippen LogP contribution in [0.2, 0.25) is 0 Å². The highest BCUT2D eigenvalue weighted by Gasteiger charge is 2.30. The van der Waals surface area contributed by atoms with Crippen LogP contribution in [0, 0.1) is 5.82 Å². The molecule has 2 N–H and O–H groups in total. The average Bonchev–Trinajstić information content (AvgIpc) is 3.05. The summed E-state index contributed by atoms with van der Waals surface area (Å²) >= 11 is 1.40. The molecule has 2 heterocycles. The van der Waals surface area contributed by atoms with Crippen molar-refractivity contribution in [1.82, 2.24) is 9.88 Å². The van der Waals surface area contributed by atoms with E-state index in [2.05, 4.69) is 4.98 Å². The summed E-state index contributed by atoms with van der Waals surface area (Å²) < 4.78 is 13.8. The summed E-state index contributed by atoms with van der Waals surface area (Å²) in [5.41, 5.74) is 7.08. The Morgan fingerprint density at radius 2 is 2.25 bits per heavy atom. The van der Waals surface area contributed by atoms with Crippen molar-refractivity contribution in [3.63, 3.8) is 0 Å². The van der Waals surface area contributed by atoms with Gasteiger partial charge in [-0.25, -0.2) is 9.37 Å². The monoisotopic (exact) mass is 347 g/mol. The largest absolute Gasteiger partial charge is 0.333 e. The number of piperidine rings is 1. The number of aromatic nitrogens is 1. The lowest BCUT2D eigenvalue weighted by atomic mass is 9.96. The predicted octanol–water partition coefficient (Wildman–Crippen LogP) is 3.21. The first-order chi connectivity index (χ1) is 11.6. The van der Waals surface area contributed by atoms with Crippen LogP contribution < -0.4 is 5.73 Å². The van der Waals surface area contributed by atoms with Crippen LogP contribution in [0.25, 0.3) is 0 Å².